The molecule has 0 saturated heterocycles. The molecule has 1 aromatic rings. The summed E-state index contributed by atoms with van der Waals surface area (Å²) in [6, 6.07) is 3.81. The number of rotatable bonds is 7. The molecule has 0 radical (unpaired) electrons. The van der Waals surface area contributed by atoms with Crippen molar-refractivity contribution in [1.29, 1.82) is 0 Å². The summed E-state index contributed by atoms with van der Waals surface area (Å²) in [6.07, 6.45) is 5.11. The third kappa shape index (κ3) is 9.90. The van der Waals surface area contributed by atoms with E-state index in [1.54, 1.807) is 7.05 Å². The lowest BCUT2D eigenvalue weighted by Gasteiger charge is -2.12. The maximum Gasteiger partial charge on any atom is 0.190 e. The highest BCUT2D eigenvalue weighted by Crippen LogP contribution is 2.05. The van der Waals surface area contributed by atoms with Crippen molar-refractivity contribution < 1.29 is 0 Å². The number of hydrogen-bond acceptors (Lipinski definition) is 2. The van der Waals surface area contributed by atoms with Crippen LogP contribution in [-0.4, -0.2) is 31.1 Å². The van der Waals surface area contributed by atoms with Crippen molar-refractivity contribution in [2.75, 3.05) is 20.1 Å². The molecule has 0 unspecified atom stereocenters. The van der Waals surface area contributed by atoms with E-state index in [0.29, 0.717) is 5.15 Å². The van der Waals surface area contributed by atoms with Crippen molar-refractivity contribution in [3.8, 4) is 0 Å². The predicted octanol–water partition coefficient (Wildman–Crippen LogP) is 3.50. The van der Waals surface area contributed by atoms with E-state index in [1.807, 2.05) is 18.3 Å². The first kappa shape index (κ1) is 20.4. The average molecular weight is 425 g/mol. The Morgan fingerprint density at radius 1 is 1.29 bits per heavy atom. The first-order valence-electron chi connectivity index (χ1n) is 7.16. The quantitative estimate of drug-likeness (QED) is 0.232. The molecule has 21 heavy (non-hydrogen) atoms. The van der Waals surface area contributed by atoms with Crippen LogP contribution < -0.4 is 10.6 Å². The summed E-state index contributed by atoms with van der Waals surface area (Å²) in [5.74, 6) is 1.61. The van der Waals surface area contributed by atoms with Crippen LogP contribution in [0.4, 0.5) is 0 Å². The summed E-state index contributed by atoms with van der Waals surface area (Å²) in [4.78, 5) is 8.27. The van der Waals surface area contributed by atoms with Crippen molar-refractivity contribution in [2.24, 2.45) is 10.9 Å². The number of aromatic nitrogens is 1. The number of halogens is 2. The maximum absolute atomic E-state index is 5.76. The van der Waals surface area contributed by atoms with Gasteiger partial charge in [0.15, 0.2) is 5.96 Å². The average Bonchev–Trinajstić information content (AvgIpc) is 2.43. The first-order chi connectivity index (χ1) is 9.61. The van der Waals surface area contributed by atoms with E-state index in [0.717, 1.165) is 37.0 Å². The fourth-order valence-corrected chi connectivity index (χ4v) is 1.93. The van der Waals surface area contributed by atoms with Crippen LogP contribution in [0.1, 0.15) is 32.3 Å². The minimum Gasteiger partial charge on any atom is -0.356 e. The zero-order valence-corrected chi connectivity index (χ0v) is 16.1. The van der Waals surface area contributed by atoms with E-state index in [2.05, 4.69) is 34.5 Å². The Morgan fingerprint density at radius 3 is 2.57 bits per heavy atom. The van der Waals surface area contributed by atoms with E-state index in [9.17, 15) is 0 Å². The molecule has 0 amide bonds. The zero-order valence-electron chi connectivity index (χ0n) is 13.0. The second kappa shape index (κ2) is 12.0. The minimum atomic E-state index is 0. The van der Waals surface area contributed by atoms with Gasteiger partial charge in [0.05, 0.1) is 0 Å². The van der Waals surface area contributed by atoms with Gasteiger partial charge in [0.25, 0.3) is 0 Å². The van der Waals surface area contributed by atoms with Crippen molar-refractivity contribution in [1.82, 2.24) is 15.6 Å². The molecule has 0 atom stereocenters. The number of aliphatic imine (C=N–C) groups is 1. The summed E-state index contributed by atoms with van der Waals surface area (Å²) in [5.41, 5.74) is 1.16. The van der Waals surface area contributed by atoms with E-state index in [1.165, 1.54) is 12.8 Å². The normalized spacial score (nSPS) is 11.2. The predicted molar refractivity (Wildman–Crippen MR) is 102 cm³/mol. The van der Waals surface area contributed by atoms with Gasteiger partial charge in [-0.1, -0.05) is 31.5 Å². The second-order valence-corrected chi connectivity index (χ2v) is 5.59. The highest BCUT2D eigenvalue weighted by Gasteiger charge is 1.99. The monoisotopic (exact) mass is 424 g/mol. The Morgan fingerprint density at radius 2 is 2.00 bits per heavy atom. The Balaban J connectivity index is 0.00000400. The van der Waals surface area contributed by atoms with Crippen LogP contribution >= 0.6 is 35.6 Å². The molecule has 0 aliphatic rings. The second-order valence-electron chi connectivity index (χ2n) is 5.20. The zero-order chi connectivity index (χ0) is 14.8. The highest BCUT2D eigenvalue weighted by atomic mass is 127. The van der Waals surface area contributed by atoms with Crippen LogP contribution in [0.25, 0.3) is 0 Å². The van der Waals surface area contributed by atoms with Crippen LogP contribution in [0.2, 0.25) is 5.15 Å². The van der Waals surface area contributed by atoms with Gasteiger partial charge < -0.3 is 10.6 Å². The molecule has 2 N–H and O–H groups in total. The van der Waals surface area contributed by atoms with Gasteiger partial charge in [-0.15, -0.1) is 24.0 Å². The van der Waals surface area contributed by atoms with Gasteiger partial charge in [-0.25, -0.2) is 4.98 Å². The van der Waals surface area contributed by atoms with Crippen LogP contribution in [0.3, 0.4) is 0 Å². The van der Waals surface area contributed by atoms with Gasteiger partial charge in [-0.3, -0.25) is 4.99 Å². The first-order valence-corrected chi connectivity index (χ1v) is 7.54. The van der Waals surface area contributed by atoms with Gasteiger partial charge in [0.2, 0.25) is 0 Å². The van der Waals surface area contributed by atoms with Gasteiger partial charge in [0.1, 0.15) is 5.15 Å². The molecule has 0 aromatic carbocycles. The smallest absolute Gasteiger partial charge is 0.190 e. The lowest BCUT2D eigenvalue weighted by atomic mass is 10.1. The summed E-state index contributed by atoms with van der Waals surface area (Å²) in [7, 11) is 1.79. The summed E-state index contributed by atoms with van der Waals surface area (Å²) in [6.45, 7) is 6.27. The van der Waals surface area contributed by atoms with E-state index in [-0.39, 0.29) is 24.0 Å². The highest BCUT2D eigenvalue weighted by molar-refractivity contribution is 14.0. The van der Waals surface area contributed by atoms with E-state index < -0.39 is 0 Å². The van der Waals surface area contributed by atoms with E-state index in [4.69, 9.17) is 11.6 Å². The molecule has 0 bridgehead atoms. The molecule has 4 nitrogen and oxygen atoms in total. The Bertz CT molecular complexity index is 407. The standard InChI is InChI=1S/C15H25ClN4.HI/c1-12(2)5-4-9-18-15(17-3)19-10-8-13-6-7-14(16)20-11-13;/h6-7,11-12H,4-5,8-10H2,1-3H3,(H2,17,18,19);1H. The topological polar surface area (TPSA) is 49.3 Å². The fraction of sp³-hybridized carbons (Fsp3) is 0.600. The molecule has 0 aliphatic carbocycles. The molecule has 0 aliphatic heterocycles. The molecule has 0 spiro atoms. The lowest BCUT2D eigenvalue weighted by Crippen LogP contribution is -2.38. The van der Waals surface area contributed by atoms with Crippen molar-refractivity contribution >= 4 is 41.5 Å². The van der Waals surface area contributed by atoms with Crippen LogP contribution in [0.15, 0.2) is 23.3 Å². The van der Waals surface area contributed by atoms with Crippen molar-refractivity contribution in [2.45, 2.75) is 33.1 Å². The van der Waals surface area contributed by atoms with Crippen LogP contribution in [0.5, 0.6) is 0 Å². The molecular formula is C15H26ClIN4. The molecule has 0 saturated carbocycles. The van der Waals surface area contributed by atoms with Crippen molar-refractivity contribution in [3.05, 3.63) is 29.0 Å². The van der Waals surface area contributed by atoms with Gasteiger partial charge in [-0.05, 0) is 36.8 Å². The largest absolute Gasteiger partial charge is 0.356 e. The Hall–Kier alpha value is -0.560. The molecule has 0 fully saturated rings. The number of nitrogens with zero attached hydrogens (tertiary/aromatic N) is 2. The van der Waals surface area contributed by atoms with Crippen molar-refractivity contribution in [3.63, 3.8) is 0 Å². The molecule has 1 rings (SSSR count). The summed E-state index contributed by atoms with van der Waals surface area (Å²) < 4.78 is 0. The molecule has 120 valence electrons. The van der Waals surface area contributed by atoms with Gasteiger partial charge >= 0.3 is 0 Å². The third-order valence-corrected chi connectivity index (χ3v) is 3.19. The van der Waals surface area contributed by atoms with E-state index >= 15 is 0 Å². The maximum atomic E-state index is 5.76. The lowest BCUT2D eigenvalue weighted by molar-refractivity contribution is 0.549. The molecular weight excluding hydrogens is 399 g/mol. The molecule has 1 heterocycles. The van der Waals surface area contributed by atoms with Gasteiger partial charge in [0, 0.05) is 26.3 Å². The SMILES string of the molecule is CN=C(NCCCC(C)C)NCCc1ccc(Cl)nc1.I. The van der Waals surface area contributed by atoms with Gasteiger partial charge in [-0.2, -0.15) is 0 Å². The van der Waals surface area contributed by atoms with Crippen LogP contribution in [-0.2, 0) is 6.42 Å². The Kier molecular flexibility index (Phi) is 11.7. The number of nitrogens with one attached hydrogen (secondary N) is 2. The Labute approximate surface area is 150 Å². The summed E-state index contributed by atoms with van der Waals surface area (Å²) in [5, 5.41) is 7.15. The molecule has 6 heteroatoms. The fourth-order valence-electron chi connectivity index (χ4n) is 1.82. The van der Waals surface area contributed by atoms with Crippen LogP contribution in [0, 0.1) is 5.92 Å². The number of pyridine rings is 1. The minimum absolute atomic E-state index is 0. The number of hydrogen-bond donors (Lipinski definition) is 2. The third-order valence-electron chi connectivity index (χ3n) is 2.97. The summed E-state index contributed by atoms with van der Waals surface area (Å²) >= 11 is 5.76. The number of guanidine groups is 1. The molecule has 1 aromatic heterocycles.